The summed E-state index contributed by atoms with van der Waals surface area (Å²) >= 11 is 3.65. The van der Waals surface area contributed by atoms with Crippen LogP contribution in [0.3, 0.4) is 0 Å². The van der Waals surface area contributed by atoms with Crippen molar-refractivity contribution in [3.05, 3.63) is 92.2 Å². The number of aromatic nitrogens is 1. The van der Waals surface area contributed by atoms with Crippen LogP contribution in [0.15, 0.2) is 60.1 Å². The van der Waals surface area contributed by atoms with E-state index in [0.29, 0.717) is 6.54 Å². The lowest BCUT2D eigenvalue weighted by molar-refractivity contribution is 0.195. The van der Waals surface area contributed by atoms with Gasteiger partial charge in [-0.1, -0.05) is 31.2 Å². The number of nitrogens with zero attached hydrogens (tertiary/aromatic N) is 2. The van der Waals surface area contributed by atoms with E-state index in [0.717, 1.165) is 36.2 Å². The standard InChI is InChI=1S/C27H27N3OS2/c1-2-18-9-3-5-11-21(18)28-27(31)30-17-20-19-10-4-6-13-23(19)33-26(20)29-15-7-12-22(29)25(30)24-14-8-16-32-24/h3,5,7-9,11-12,14-16,25H,2,4,6,10,13,17H2,1H3,(H,28,31)/t25-/m0/s1. The predicted octanol–water partition coefficient (Wildman–Crippen LogP) is 7.18. The normalized spacial score (nSPS) is 17.1. The molecule has 4 nitrogen and oxygen atoms in total. The van der Waals surface area contributed by atoms with Crippen LogP contribution in [0.5, 0.6) is 0 Å². The van der Waals surface area contributed by atoms with Crippen molar-refractivity contribution in [3.63, 3.8) is 0 Å². The summed E-state index contributed by atoms with van der Waals surface area (Å²) in [6.45, 7) is 2.76. The van der Waals surface area contributed by atoms with E-state index in [2.05, 4.69) is 63.6 Å². The first kappa shape index (κ1) is 20.8. The fourth-order valence-electron chi connectivity index (χ4n) is 5.27. The molecule has 4 heterocycles. The maximum Gasteiger partial charge on any atom is 0.323 e. The summed E-state index contributed by atoms with van der Waals surface area (Å²) in [6, 6.07) is 16.5. The molecular formula is C27H27N3OS2. The Hall–Kier alpha value is -2.83. The van der Waals surface area contributed by atoms with Crippen LogP contribution in [0, 0.1) is 0 Å². The zero-order chi connectivity index (χ0) is 22.4. The van der Waals surface area contributed by atoms with Gasteiger partial charge in [-0.25, -0.2) is 4.79 Å². The summed E-state index contributed by atoms with van der Waals surface area (Å²) in [4.78, 5) is 18.7. The zero-order valence-corrected chi connectivity index (χ0v) is 20.3. The molecule has 1 atom stereocenters. The second kappa shape index (κ2) is 8.50. The molecule has 0 bridgehead atoms. The number of amides is 2. The minimum Gasteiger partial charge on any atom is -0.310 e. The van der Waals surface area contributed by atoms with Gasteiger partial charge >= 0.3 is 6.03 Å². The number of para-hydroxylation sites is 1. The highest BCUT2D eigenvalue weighted by molar-refractivity contribution is 7.15. The molecule has 0 unspecified atom stereocenters. The van der Waals surface area contributed by atoms with Gasteiger partial charge in [0.15, 0.2) is 0 Å². The van der Waals surface area contributed by atoms with Crippen molar-refractivity contribution in [1.82, 2.24) is 9.47 Å². The molecule has 2 amide bonds. The Balaban J connectivity index is 1.48. The summed E-state index contributed by atoms with van der Waals surface area (Å²) in [6.07, 6.45) is 7.84. The molecule has 4 aromatic rings. The van der Waals surface area contributed by atoms with Crippen molar-refractivity contribution in [2.24, 2.45) is 0 Å². The SMILES string of the molecule is CCc1ccccc1NC(=O)N1Cc2c(sc3c2CCCC3)-n2cccc2[C@H]1c1cccs1. The first-order valence-corrected chi connectivity index (χ1v) is 13.4. The molecule has 6 heteroatoms. The van der Waals surface area contributed by atoms with Crippen LogP contribution >= 0.6 is 22.7 Å². The lowest BCUT2D eigenvalue weighted by Gasteiger charge is -2.30. The van der Waals surface area contributed by atoms with Gasteiger partial charge in [0.05, 0.1) is 12.2 Å². The highest BCUT2D eigenvalue weighted by atomic mass is 32.1. The number of anilines is 1. The van der Waals surface area contributed by atoms with Crippen LogP contribution in [-0.2, 0) is 25.8 Å². The van der Waals surface area contributed by atoms with Crippen molar-refractivity contribution in [3.8, 4) is 5.00 Å². The molecular weight excluding hydrogens is 446 g/mol. The Bertz CT molecular complexity index is 1300. The average molecular weight is 474 g/mol. The minimum atomic E-state index is -0.118. The lowest BCUT2D eigenvalue weighted by Crippen LogP contribution is -2.38. The van der Waals surface area contributed by atoms with E-state index in [1.165, 1.54) is 38.7 Å². The third-order valence-corrected chi connectivity index (χ3v) is 9.15. The summed E-state index contributed by atoms with van der Waals surface area (Å²) in [7, 11) is 0. The maximum atomic E-state index is 13.9. The number of nitrogens with one attached hydrogen (secondary N) is 1. The zero-order valence-electron chi connectivity index (χ0n) is 18.7. The second-order valence-corrected chi connectivity index (χ2v) is 10.8. The molecule has 33 heavy (non-hydrogen) atoms. The molecule has 0 spiro atoms. The van der Waals surface area contributed by atoms with Gasteiger partial charge < -0.3 is 14.8 Å². The Kier molecular flexibility index (Phi) is 5.35. The highest BCUT2D eigenvalue weighted by Gasteiger charge is 2.36. The topological polar surface area (TPSA) is 37.3 Å². The monoisotopic (exact) mass is 473 g/mol. The fourth-order valence-corrected chi connectivity index (χ4v) is 7.52. The van der Waals surface area contributed by atoms with Crippen molar-refractivity contribution in [1.29, 1.82) is 0 Å². The van der Waals surface area contributed by atoms with Crippen LogP contribution < -0.4 is 5.32 Å². The molecule has 1 aromatic carbocycles. The van der Waals surface area contributed by atoms with E-state index in [1.54, 1.807) is 11.3 Å². The fraction of sp³-hybridized carbons (Fsp3) is 0.296. The summed E-state index contributed by atoms with van der Waals surface area (Å²) in [5.41, 5.74) is 6.05. The van der Waals surface area contributed by atoms with Crippen LogP contribution in [0.4, 0.5) is 10.5 Å². The third-order valence-electron chi connectivity index (χ3n) is 6.89. The number of hydrogen-bond acceptors (Lipinski definition) is 3. The van der Waals surface area contributed by atoms with E-state index >= 15 is 0 Å². The molecule has 0 radical (unpaired) electrons. The molecule has 1 N–H and O–H groups in total. The van der Waals surface area contributed by atoms with Gasteiger partial charge in [0.25, 0.3) is 0 Å². The first-order chi connectivity index (χ1) is 16.2. The first-order valence-electron chi connectivity index (χ1n) is 11.7. The molecule has 168 valence electrons. The van der Waals surface area contributed by atoms with E-state index in [9.17, 15) is 4.79 Å². The smallest absolute Gasteiger partial charge is 0.310 e. The number of urea groups is 1. The van der Waals surface area contributed by atoms with E-state index < -0.39 is 0 Å². The molecule has 6 rings (SSSR count). The number of hydrogen-bond donors (Lipinski definition) is 1. The number of thiophene rings is 2. The molecule has 0 fully saturated rings. The van der Waals surface area contributed by atoms with E-state index in [4.69, 9.17) is 0 Å². The molecule has 0 saturated carbocycles. The molecule has 3 aromatic heterocycles. The number of carbonyl (C=O) groups excluding carboxylic acids is 1. The van der Waals surface area contributed by atoms with Gasteiger partial charge in [0.2, 0.25) is 0 Å². The Morgan fingerprint density at radius 3 is 2.79 bits per heavy atom. The summed E-state index contributed by atoms with van der Waals surface area (Å²) < 4.78 is 2.34. The van der Waals surface area contributed by atoms with Crippen LogP contribution in [0.25, 0.3) is 5.00 Å². The van der Waals surface area contributed by atoms with Gasteiger partial charge in [-0.05, 0) is 72.9 Å². The Labute approximate surface area is 202 Å². The van der Waals surface area contributed by atoms with Gasteiger partial charge in [0.1, 0.15) is 11.0 Å². The predicted molar refractivity (Wildman–Crippen MR) is 137 cm³/mol. The van der Waals surface area contributed by atoms with Gasteiger partial charge in [0, 0.05) is 27.2 Å². The molecule has 1 aliphatic heterocycles. The van der Waals surface area contributed by atoms with Gasteiger partial charge in [-0.15, -0.1) is 22.7 Å². The Morgan fingerprint density at radius 2 is 1.94 bits per heavy atom. The van der Waals surface area contributed by atoms with E-state index in [-0.39, 0.29) is 12.1 Å². The highest BCUT2D eigenvalue weighted by Crippen LogP contribution is 2.44. The Morgan fingerprint density at radius 1 is 1.06 bits per heavy atom. The van der Waals surface area contributed by atoms with Crippen LogP contribution in [0.2, 0.25) is 0 Å². The third kappa shape index (κ3) is 3.52. The van der Waals surface area contributed by atoms with Crippen molar-refractivity contribution in [2.75, 3.05) is 5.32 Å². The molecule has 1 aliphatic carbocycles. The quantitative estimate of drug-likeness (QED) is 0.336. The van der Waals surface area contributed by atoms with E-state index in [1.807, 2.05) is 29.5 Å². The van der Waals surface area contributed by atoms with Crippen molar-refractivity contribution in [2.45, 2.75) is 51.6 Å². The maximum absolute atomic E-state index is 13.9. The lowest BCUT2D eigenvalue weighted by atomic mass is 9.95. The summed E-state index contributed by atoms with van der Waals surface area (Å²) in [5, 5.41) is 6.67. The van der Waals surface area contributed by atoms with Crippen molar-refractivity contribution >= 4 is 34.4 Å². The summed E-state index contributed by atoms with van der Waals surface area (Å²) in [5.74, 6) is 0. The minimum absolute atomic E-state index is 0.0364. The average Bonchev–Trinajstić information content (AvgIpc) is 3.59. The number of benzene rings is 1. The van der Waals surface area contributed by atoms with Gasteiger partial charge in [-0.3, -0.25) is 0 Å². The van der Waals surface area contributed by atoms with Crippen molar-refractivity contribution < 1.29 is 4.79 Å². The van der Waals surface area contributed by atoms with Crippen LogP contribution in [-0.4, -0.2) is 15.5 Å². The number of carbonyl (C=O) groups is 1. The molecule has 0 saturated heterocycles. The number of fused-ring (bicyclic) bond motifs is 5. The van der Waals surface area contributed by atoms with Gasteiger partial charge in [-0.2, -0.15) is 0 Å². The largest absolute Gasteiger partial charge is 0.323 e. The second-order valence-electron chi connectivity index (χ2n) is 8.78. The number of rotatable bonds is 3. The van der Waals surface area contributed by atoms with Crippen LogP contribution in [0.1, 0.15) is 57.9 Å². The number of aryl methyl sites for hydroxylation is 2. The molecule has 2 aliphatic rings.